The first kappa shape index (κ1) is 15.7. The fraction of sp³-hybridized carbons (Fsp3) is 0.353. The molecule has 0 saturated carbocycles. The first-order valence-electron chi connectivity index (χ1n) is 7.79. The van der Waals surface area contributed by atoms with Gasteiger partial charge in [-0.15, -0.1) is 11.3 Å². The first-order chi connectivity index (χ1) is 11.2. The van der Waals surface area contributed by atoms with E-state index >= 15 is 0 Å². The zero-order valence-corrected chi connectivity index (χ0v) is 14.0. The Balaban J connectivity index is 1.36. The minimum absolute atomic E-state index is 0.0955. The standard InChI is InChI=1S/C17H20N4OS/c1-21-12-13(11-19-21)8-9-16(22)18-10-4-7-17-20-14-5-2-3-6-15(14)23-17/h2-3,5-6,11-12H,4,7-10H2,1H3,(H,18,22). The minimum atomic E-state index is 0.0955. The molecule has 3 aromatic rings. The molecule has 2 aromatic heterocycles. The average molecular weight is 328 g/mol. The lowest BCUT2D eigenvalue weighted by atomic mass is 10.2. The van der Waals surface area contributed by atoms with Gasteiger partial charge in [0, 0.05) is 32.6 Å². The summed E-state index contributed by atoms with van der Waals surface area (Å²) < 4.78 is 2.98. The zero-order valence-electron chi connectivity index (χ0n) is 13.2. The third-order valence-electron chi connectivity index (χ3n) is 3.63. The van der Waals surface area contributed by atoms with Crippen LogP contribution in [0.3, 0.4) is 0 Å². The third kappa shape index (κ3) is 4.39. The van der Waals surface area contributed by atoms with Crippen molar-refractivity contribution in [1.82, 2.24) is 20.1 Å². The van der Waals surface area contributed by atoms with Crippen LogP contribution in [0.15, 0.2) is 36.7 Å². The van der Waals surface area contributed by atoms with E-state index in [2.05, 4.69) is 21.5 Å². The van der Waals surface area contributed by atoms with Crippen LogP contribution in [-0.4, -0.2) is 27.2 Å². The summed E-state index contributed by atoms with van der Waals surface area (Å²) in [5.41, 5.74) is 2.16. The Morgan fingerprint density at radius 3 is 2.96 bits per heavy atom. The van der Waals surface area contributed by atoms with E-state index in [4.69, 9.17) is 0 Å². The second kappa shape index (κ2) is 7.37. The fourth-order valence-corrected chi connectivity index (χ4v) is 3.45. The maximum absolute atomic E-state index is 11.8. The van der Waals surface area contributed by atoms with Crippen molar-refractivity contribution in [2.24, 2.45) is 7.05 Å². The van der Waals surface area contributed by atoms with Crippen LogP contribution in [0.2, 0.25) is 0 Å². The molecular formula is C17H20N4OS. The number of benzene rings is 1. The van der Waals surface area contributed by atoms with Crippen LogP contribution in [0.4, 0.5) is 0 Å². The molecule has 5 nitrogen and oxygen atoms in total. The van der Waals surface area contributed by atoms with Crippen molar-refractivity contribution in [1.29, 1.82) is 0 Å². The summed E-state index contributed by atoms with van der Waals surface area (Å²) in [4.78, 5) is 16.4. The van der Waals surface area contributed by atoms with Gasteiger partial charge in [0.2, 0.25) is 5.91 Å². The summed E-state index contributed by atoms with van der Waals surface area (Å²) in [6.07, 6.45) is 6.81. The van der Waals surface area contributed by atoms with Crippen LogP contribution in [0.25, 0.3) is 10.2 Å². The molecule has 0 bridgehead atoms. The smallest absolute Gasteiger partial charge is 0.220 e. The molecule has 0 aliphatic carbocycles. The Kier molecular flexibility index (Phi) is 5.02. The van der Waals surface area contributed by atoms with Crippen molar-refractivity contribution < 1.29 is 4.79 Å². The molecular weight excluding hydrogens is 308 g/mol. The van der Waals surface area contributed by atoms with Gasteiger partial charge >= 0.3 is 0 Å². The number of para-hydroxylation sites is 1. The normalized spacial score (nSPS) is 11.0. The van der Waals surface area contributed by atoms with Crippen LogP contribution >= 0.6 is 11.3 Å². The number of carbonyl (C=O) groups excluding carboxylic acids is 1. The summed E-state index contributed by atoms with van der Waals surface area (Å²) in [5, 5.41) is 8.21. The van der Waals surface area contributed by atoms with Gasteiger partial charge < -0.3 is 5.32 Å². The van der Waals surface area contributed by atoms with E-state index in [1.165, 1.54) is 4.70 Å². The molecule has 0 unspecified atom stereocenters. The highest BCUT2D eigenvalue weighted by molar-refractivity contribution is 7.18. The van der Waals surface area contributed by atoms with Crippen LogP contribution in [0.1, 0.15) is 23.4 Å². The number of rotatable bonds is 7. The number of nitrogens with one attached hydrogen (secondary N) is 1. The van der Waals surface area contributed by atoms with Crippen LogP contribution in [0, 0.1) is 0 Å². The van der Waals surface area contributed by atoms with Gasteiger partial charge in [-0.2, -0.15) is 5.10 Å². The van der Waals surface area contributed by atoms with E-state index in [1.807, 2.05) is 31.4 Å². The molecule has 1 N–H and O–H groups in total. The average Bonchev–Trinajstić information content (AvgIpc) is 3.15. The summed E-state index contributed by atoms with van der Waals surface area (Å²) in [5.74, 6) is 0.0955. The zero-order chi connectivity index (χ0) is 16.1. The topological polar surface area (TPSA) is 59.8 Å². The Morgan fingerprint density at radius 1 is 1.30 bits per heavy atom. The van der Waals surface area contributed by atoms with Crippen molar-refractivity contribution in [2.75, 3.05) is 6.54 Å². The molecule has 0 radical (unpaired) electrons. The molecule has 3 rings (SSSR count). The summed E-state index contributed by atoms with van der Waals surface area (Å²) in [7, 11) is 1.88. The second-order valence-corrected chi connectivity index (χ2v) is 6.67. The number of fused-ring (bicyclic) bond motifs is 1. The number of amides is 1. The van der Waals surface area contributed by atoms with Crippen molar-refractivity contribution in [3.63, 3.8) is 0 Å². The van der Waals surface area contributed by atoms with E-state index in [1.54, 1.807) is 22.2 Å². The van der Waals surface area contributed by atoms with Crippen LogP contribution in [-0.2, 0) is 24.7 Å². The Morgan fingerprint density at radius 2 is 2.17 bits per heavy atom. The van der Waals surface area contributed by atoms with E-state index in [-0.39, 0.29) is 5.91 Å². The van der Waals surface area contributed by atoms with E-state index < -0.39 is 0 Å². The van der Waals surface area contributed by atoms with Crippen molar-refractivity contribution in [3.05, 3.63) is 47.2 Å². The highest BCUT2D eigenvalue weighted by Crippen LogP contribution is 2.22. The third-order valence-corrected chi connectivity index (χ3v) is 4.72. The Hall–Kier alpha value is -2.21. The number of aromatic nitrogens is 3. The predicted molar refractivity (Wildman–Crippen MR) is 92.5 cm³/mol. The SMILES string of the molecule is Cn1cc(CCC(=O)NCCCc2nc3ccccc3s2)cn1. The largest absolute Gasteiger partial charge is 0.356 e. The molecule has 0 aliphatic rings. The van der Waals surface area contributed by atoms with Crippen LogP contribution < -0.4 is 5.32 Å². The number of carbonyl (C=O) groups is 1. The van der Waals surface area contributed by atoms with Gasteiger partial charge in [-0.3, -0.25) is 9.48 Å². The molecule has 0 spiro atoms. The minimum Gasteiger partial charge on any atom is -0.356 e. The molecule has 120 valence electrons. The van der Waals surface area contributed by atoms with Crippen molar-refractivity contribution in [3.8, 4) is 0 Å². The lowest BCUT2D eigenvalue weighted by molar-refractivity contribution is -0.121. The van der Waals surface area contributed by atoms with Gasteiger partial charge in [0.15, 0.2) is 0 Å². The summed E-state index contributed by atoms with van der Waals surface area (Å²) in [6, 6.07) is 8.17. The second-order valence-electron chi connectivity index (χ2n) is 5.55. The highest BCUT2D eigenvalue weighted by Gasteiger charge is 2.05. The maximum atomic E-state index is 11.8. The van der Waals surface area contributed by atoms with Gasteiger partial charge in [-0.1, -0.05) is 12.1 Å². The molecule has 0 saturated heterocycles. The van der Waals surface area contributed by atoms with Crippen molar-refractivity contribution >= 4 is 27.5 Å². The lowest BCUT2D eigenvalue weighted by Crippen LogP contribution is -2.24. The number of aryl methyl sites for hydroxylation is 3. The number of thiazole rings is 1. The van der Waals surface area contributed by atoms with Gasteiger partial charge in [0.25, 0.3) is 0 Å². The Bertz CT molecular complexity index is 760. The van der Waals surface area contributed by atoms with E-state index in [0.717, 1.165) is 35.4 Å². The molecule has 0 atom stereocenters. The predicted octanol–water partition coefficient (Wildman–Crippen LogP) is 2.71. The Labute approximate surface area is 139 Å². The summed E-state index contributed by atoms with van der Waals surface area (Å²) in [6.45, 7) is 0.696. The van der Waals surface area contributed by atoms with E-state index in [9.17, 15) is 4.79 Å². The van der Waals surface area contributed by atoms with Gasteiger partial charge in [-0.25, -0.2) is 4.98 Å². The number of hydrogen-bond donors (Lipinski definition) is 1. The molecule has 23 heavy (non-hydrogen) atoms. The van der Waals surface area contributed by atoms with Gasteiger partial charge in [0.1, 0.15) is 0 Å². The van der Waals surface area contributed by atoms with Gasteiger partial charge in [0.05, 0.1) is 21.4 Å². The molecule has 6 heteroatoms. The number of nitrogens with zero attached hydrogens (tertiary/aromatic N) is 3. The van der Waals surface area contributed by atoms with E-state index in [0.29, 0.717) is 13.0 Å². The van der Waals surface area contributed by atoms with Crippen LogP contribution in [0.5, 0.6) is 0 Å². The molecule has 0 fully saturated rings. The number of hydrogen-bond acceptors (Lipinski definition) is 4. The fourth-order valence-electron chi connectivity index (χ4n) is 2.44. The molecule has 0 aliphatic heterocycles. The lowest BCUT2D eigenvalue weighted by Gasteiger charge is -2.03. The maximum Gasteiger partial charge on any atom is 0.220 e. The molecule has 1 aromatic carbocycles. The monoisotopic (exact) mass is 328 g/mol. The quantitative estimate of drug-likeness (QED) is 0.678. The highest BCUT2D eigenvalue weighted by atomic mass is 32.1. The summed E-state index contributed by atoms with van der Waals surface area (Å²) >= 11 is 1.73. The molecule has 2 heterocycles. The van der Waals surface area contributed by atoms with Gasteiger partial charge in [-0.05, 0) is 30.5 Å². The molecule has 1 amide bonds. The van der Waals surface area contributed by atoms with Crippen molar-refractivity contribution in [2.45, 2.75) is 25.7 Å². The first-order valence-corrected chi connectivity index (χ1v) is 8.61.